The molecule has 1 saturated heterocycles. The molecule has 1 fully saturated rings. The lowest BCUT2D eigenvalue weighted by atomic mass is 9.86. The van der Waals surface area contributed by atoms with Crippen molar-refractivity contribution in [3.8, 4) is 0 Å². The van der Waals surface area contributed by atoms with E-state index in [0.29, 0.717) is 11.6 Å². The number of benzene rings is 1. The molecule has 1 aliphatic rings. The summed E-state index contributed by atoms with van der Waals surface area (Å²) in [6.45, 7) is 10.3. The SMILES string of the molecule is CCC1CN(Cc2ccccc2)C(CC)(CC)CN1. The molecule has 2 nitrogen and oxygen atoms in total. The van der Waals surface area contributed by atoms with Crippen LogP contribution in [0.3, 0.4) is 0 Å². The quantitative estimate of drug-likeness (QED) is 0.872. The smallest absolute Gasteiger partial charge is 0.0333 e. The molecule has 0 aromatic heterocycles. The average Bonchev–Trinajstić information content (AvgIpc) is 2.48. The van der Waals surface area contributed by atoms with Gasteiger partial charge in [-0.3, -0.25) is 4.90 Å². The molecule has 1 aromatic rings. The molecule has 0 spiro atoms. The molecule has 106 valence electrons. The average molecular weight is 260 g/mol. The molecule has 1 unspecified atom stereocenters. The lowest BCUT2D eigenvalue weighted by molar-refractivity contribution is 0.0238. The van der Waals surface area contributed by atoms with E-state index >= 15 is 0 Å². The van der Waals surface area contributed by atoms with E-state index in [1.54, 1.807) is 0 Å². The van der Waals surface area contributed by atoms with Gasteiger partial charge in [-0.15, -0.1) is 0 Å². The molecule has 2 rings (SSSR count). The van der Waals surface area contributed by atoms with E-state index < -0.39 is 0 Å². The number of rotatable bonds is 5. The molecule has 0 amide bonds. The number of hydrogen-bond donors (Lipinski definition) is 1. The van der Waals surface area contributed by atoms with Crippen LogP contribution in [0.5, 0.6) is 0 Å². The highest BCUT2D eigenvalue weighted by molar-refractivity contribution is 5.15. The van der Waals surface area contributed by atoms with Crippen molar-refractivity contribution in [1.29, 1.82) is 0 Å². The van der Waals surface area contributed by atoms with Crippen molar-refractivity contribution in [2.75, 3.05) is 13.1 Å². The lowest BCUT2D eigenvalue weighted by Gasteiger charge is -2.49. The maximum Gasteiger partial charge on any atom is 0.0333 e. The third kappa shape index (κ3) is 3.18. The van der Waals surface area contributed by atoms with E-state index in [-0.39, 0.29) is 0 Å². The molecule has 1 heterocycles. The summed E-state index contributed by atoms with van der Waals surface area (Å²) >= 11 is 0. The predicted octanol–water partition coefficient (Wildman–Crippen LogP) is 3.43. The molecule has 1 N–H and O–H groups in total. The van der Waals surface area contributed by atoms with Gasteiger partial charge in [0.15, 0.2) is 0 Å². The Labute approximate surface area is 118 Å². The van der Waals surface area contributed by atoms with Crippen molar-refractivity contribution in [3.63, 3.8) is 0 Å². The van der Waals surface area contributed by atoms with Crippen LogP contribution >= 0.6 is 0 Å². The van der Waals surface area contributed by atoms with Gasteiger partial charge in [0.05, 0.1) is 0 Å². The van der Waals surface area contributed by atoms with Gasteiger partial charge in [0, 0.05) is 31.2 Å². The second-order valence-electron chi connectivity index (χ2n) is 5.78. The highest BCUT2D eigenvalue weighted by Crippen LogP contribution is 2.29. The molecule has 0 saturated carbocycles. The Kier molecular flexibility index (Phi) is 5.00. The van der Waals surface area contributed by atoms with Crippen molar-refractivity contribution in [2.45, 2.75) is 58.2 Å². The van der Waals surface area contributed by atoms with Crippen LogP contribution in [0.1, 0.15) is 45.6 Å². The Hall–Kier alpha value is -0.860. The minimum absolute atomic E-state index is 0.335. The van der Waals surface area contributed by atoms with Crippen LogP contribution in [0, 0.1) is 0 Å². The zero-order valence-corrected chi connectivity index (χ0v) is 12.7. The van der Waals surface area contributed by atoms with Gasteiger partial charge in [0.25, 0.3) is 0 Å². The highest BCUT2D eigenvalue weighted by Gasteiger charge is 2.38. The molecular formula is C17H28N2. The fourth-order valence-corrected chi connectivity index (χ4v) is 3.23. The van der Waals surface area contributed by atoms with Crippen LogP contribution in [0.2, 0.25) is 0 Å². The summed E-state index contributed by atoms with van der Waals surface area (Å²) in [7, 11) is 0. The van der Waals surface area contributed by atoms with Crippen molar-refractivity contribution >= 4 is 0 Å². The molecule has 0 bridgehead atoms. The normalized spacial score (nSPS) is 23.4. The molecule has 0 radical (unpaired) electrons. The number of hydrogen-bond acceptors (Lipinski definition) is 2. The first kappa shape index (κ1) is 14.5. The summed E-state index contributed by atoms with van der Waals surface area (Å²) in [5.74, 6) is 0. The largest absolute Gasteiger partial charge is 0.311 e. The van der Waals surface area contributed by atoms with Gasteiger partial charge in [-0.25, -0.2) is 0 Å². The summed E-state index contributed by atoms with van der Waals surface area (Å²) in [5.41, 5.74) is 1.77. The Morgan fingerprint density at radius 3 is 2.42 bits per heavy atom. The zero-order valence-electron chi connectivity index (χ0n) is 12.7. The van der Waals surface area contributed by atoms with E-state index in [2.05, 4.69) is 61.3 Å². The van der Waals surface area contributed by atoms with Crippen molar-refractivity contribution in [2.24, 2.45) is 0 Å². The first-order valence-electron chi connectivity index (χ1n) is 7.76. The summed E-state index contributed by atoms with van der Waals surface area (Å²) in [5, 5.41) is 3.74. The minimum Gasteiger partial charge on any atom is -0.311 e. The fraction of sp³-hybridized carbons (Fsp3) is 0.647. The van der Waals surface area contributed by atoms with Crippen LogP contribution in [0.25, 0.3) is 0 Å². The molecule has 2 heteroatoms. The fourth-order valence-electron chi connectivity index (χ4n) is 3.23. The topological polar surface area (TPSA) is 15.3 Å². The number of nitrogens with zero attached hydrogens (tertiary/aromatic N) is 1. The second kappa shape index (κ2) is 6.53. The van der Waals surface area contributed by atoms with Crippen LogP contribution in [-0.2, 0) is 6.54 Å². The van der Waals surface area contributed by atoms with E-state index in [0.717, 1.165) is 13.1 Å². The standard InChI is InChI=1S/C17H28N2/c1-4-16-13-19(12-15-10-8-7-9-11-15)17(5-2,6-3)14-18-16/h7-11,16,18H,4-6,12-14H2,1-3H3. The summed E-state index contributed by atoms with van der Waals surface area (Å²) in [6.07, 6.45) is 3.66. The van der Waals surface area contributed by atoms with Crippen LogP contribution in [0.4, 0.5) is 0 Å². The Morgan fingerprint density at radius 1 is 1.16 bits per heavy atom. The van der Waals surface area contributed by atoms with Crippen LogP contribution in [0.15, 0.2) is 30.3 Å². The number of piperazine rings is 1. The van der Waals surface area contributed by atoms with E-state index in [9.17, 15) is 0 Å². The minimum atomic E-state index is 0.335. The molecule has 0 aliphatic carbocycles. The van der Waals surface area contributed by atoms with Gasteiger partial charge >= 0.3 is 0 Å². The first-order chi connectivity index (χ1) is 9.24. The van der Waals surface area contributed by atoms with E-state index in [1.165, 1.54) is 31.4 Å². The Morgan fingerprint density at radius 2 is 1.84 bits per heavy atom. The van der Waals surface area contributed by atoms with Gasteiger partial charge < -0.3 is 5.32 Å². The van der Waals surface area contributed by atoms with Crippen molar-refractivity contribution in [1.82, 2.24) is 10.2 Å². The van der Waals surface area contributed by atoms with Gasteiger partial charge in [0.1, 0.15) is 0 Å². The number of nitrogens with one attached hydrogen (secondary N) is 1. The highest BCUT2D eigenvalue weighted by atomic mass is 15.3. The maximum absolute atomic E-state index is 3.74. The summed E-state index contributed by atoms with van der Waals surface area (Å²) < 4.78 is 0. The zero-order chi connectivity index (χ0) is 13.7. The Bertz CT molecular complexity index is 370. The summed E-state index contributed by atoms with van der Waals surface area (Å²) in [6, 6.07) is 11.5. The van der Waals surface area contributed by atoms with E-state index in [4.69, 9.17) is 0 Å². The Balaban J connectivity index is 2.15. The van der Waals surface area contributed by atoms with Gasteiger partial charge in [-0.05, 0) is 24.8 Å². The molecular weight excluding hydrogens is 232 g/mol. The first-order valence-corrected chi connectivity index (χ1v) is 7.76. The van der Waals surface area contributed by atoms with Crippen molar-refractivity contribution < 1.29 is 0 Å². The molecule has 1 atom stereocenters. The van der Waals surface area contributed by atoms with Gasteiger partial charge in [-0.1, -0.05) is 51.1 Å². The second-order valence-corrected chi connectivity index (χ2v) is 5.78. The van der Waals surface area contributed by atoms with Crippen LogP contribution < -0.4 is 5.32 Å². The van der Waals surface area contributed by atoms with Crippen molar-refractivity contribution in [3.05, 3.63) is 35.9 Å². The third-order valence-corrected chi connectivity index (χ3v) is 4.86. The van der Waals surface area contributed by atoms with Gasteiger partial charge in [0.2, 0.25) is 0 Å². The van der Waals surface area contributed by atoms with E-state index in [1.807, 2.05) is 0 Å². The third-order valence-electron chi connectivity index (χ3n) is 4.86. The monoisotopic (exact) mass is 260 g/mol. The lowest BCUT2D eigenvalue weighted by Crippen LogP contribution is -2.63. The van der Waals surface area contributed by atoms with Crippen LogP contribution in [-0.4, -0.2) is 29.6 Å². The molecule has 19 heavy (non-hydrogen) atoms. The molecule has 1 aliphatic heterocycles. The summed E-state index contributed by atoms with van der Waals surface area (Å²) in [4.78, 5) is 2.72. The molecule has 1 aromatic carbocycles. The maximum atomic E-state index is 3.74. The predicted molar refractivity (Wildman–Crippen MR) is 82.2 cm³/mol. The van der Waals surface area contributed by atoms with Gasteiger partial charge in [-0.2, -0.15) is 0 Å².